The van der Waals surface area contributed by atoms with Crippen LogP contribution in [-0.2, 0) is 10.0 Å². The molecule has 0 saturated carbocycles. The molecule has 0 spiro atoms. The van der Waals surface area contributed by atoms with Crippen LogP contribution in [0.2, 0.25) is 0 Å². The predicted molar refractivity (Wildman–Crippen MR) is 50.3 cm³/mol. The van der Waals surface area contributed by atoms with Crippen molar-refractivity contribution in [3.8, 4) is 0 Å². The Kier molecular flexibility index (Phi) is 2.01. The molecular weight excluding hydrogens is 204 g/mol. The van der Waals surface area contributed by atoms with E-state index in [2.05, 4.69) is 9.71 Å². The molecule has 0 unspecified atom stereocenters. The number of nitrogens with zero attached hydrogens (tertiary/aromatic N) is 1. The van der Waals surface area contributed by atoms with Crippen LogP contribution in [0.5, 0.6) is 0 Å². The van der Waals surface area contributed by atoms with E-state index in [1.54, 1.807) is 6.07 Å². The highest BCUT2D eigenvalue weighted by molar-refractivity contribution is 7.89. The van der Waals surface area contributed by atoms with Gasteiger partial charge < -0.3 is 4.42 Å². The Balaban J connectivity index is 2.65. The number of nitrogens with one attached hydrogen (secondary N) is 1. The molecular formula is C8H8N2O3S. The number of benzene rings is 1. The van der Waals surface area contributed by atoms with Crippen molar-refractivity contribution >= 4 is 21.1 Å². The number of hydrogen-bond acceptors (Lipinski definition) is 4. The quantitative estimate of drug-likeness (QED) is 0.796. The van der Waals surface area contributed by atoms with Gasteiger partial charge in [0.15, 0.2) is 12.0 Å². The van der Waals surface area contributed by atoms with E-state index in [0.717, 1.165) is 0 Å². The van der Waals surface area contributed by atoms with Crippen LogP contribution in [0.25, 0.3) is 11.1 Å². The Bertz CT molecular complexity index is 559. The maximum absolute atomic E-state index is 11.4. The molecule has 5 nitrogen and oxygen atoms in total. The zero-order chi connectivity index (χ0) is 10.2. The van der Waals surface area contributed by atoms with E-state index in [0.29, 0.717) is 11.1 Å². The minimum Gasteiger partial charge on any atom is -0.443 e. The third kappa shape index (κ3) is 1.38. The zero-order valence-electron chi connectivity index (χ0n) is 7.39. The molecule has 0 aliphatic rings. The first kappa shape index (κ1) is 9.17. The lowest BCUT2D eigenvalue weighted by Gasteiger charge is -2.00. The molecule has 2 rings (SSSR count). The van der Waals surface area contributed by atoms with Gasteiger partial charge in [0.1, 0.15) is 5.52 Å². The third-order valence-corrected chi connectivity index (χ3v) is 3.29. The Morgan fingerprint density at radius 3 is 2.93 bits per heavy atom. The number of sulfonamides is 1. The van der Waals surface area contributed by atoms with E-state index < -0.39 is 10.0 Å². The molecule has 0 aliphatic carbocycles. The summed E-state index contributed by atoms with van der Waals surface area (Å²) >= 11 is 0. The van der Waals surface area contributed by atoms with E-state index in [1.807, 2.05) is 0 Å². The highest BCUT2D eigenvalue weighted by Gasteiger charge is 2.12. The fourth-order valence-corrected chi connectivity index (χ4v) is 1.87. The molecule has 1 aromatic heterocycles. The molecule has 1 aromatic carbocycles. The number of fused-ring (bicyclic) bond motifs is 1. The average molecular weight is 212 g/mol. The summed E-state index contributed by atoms with van der Waals surface area (Å²) in [6.45, 7) is 0. The summed E-state index contributed by atoms with van der Waals surface area (Å²) in [7, 11) is -2.04. The molecule has 0 fully saturated rings. The van der Waals surface area contributed by atoms with E-state index >= 15 is 0 Å². The van der Waals surface area contributed by atoms with Gasteiger partial charge in [0.25, 0.3) is 0 Å². The van der Waals surface area contributed by atoms with Gasteiger partial charge in [-0.15, -0.1) is 0 Å². The standard InChI is InChI=1S/C8H8N2O3S/c1-9-14(11,12)6-2-3-7-8(4-6)13-5-10-7/h2-5,9H,1H3. The van der Waals surface area contributed by atoms with Crippen LogP contribution < -0.4 is 4.72 Å². The first-order valence-electron chi connectivity index (χ1n) is 3.90. The Labute approximate surface area is 80.8 Å². The third-order valence-electron chi connectivity index (χ3n) is 1.88. The fraction of sp³-hybridized carbons (Fsp3) is 0.125. The van der Waals surface area contributed by atoms with Gasteiger partial charge in [0.2, 0.25) is 10.0 Å². The van der Waals surface area contributed by atoms with Gasteiger partial charge in [-0.2, -0.15) is 0 Å². The largest absolute Gasteiger partial charge is 0.443 e. The lowest BCUT2D eigenvalue weighted by molar-refractivity contribution is 0.585. The van der Waals surface area contributed by atoms with E-state index in [1.165, 1.54) is 25.6 Å². The molecule has 0 saturated heterocycles. The van der Waals surface area contributed by atoms with Crippen LogP contribution in [0.1, 0.15) is 0 Å². The van der Waals surface area contributed by atoms with Crippen LogP contribution in [0.3, 0.4) is 0 Å². The molecule has 14 heavy (non-hydrogen) atoms. The summed E-state index contributed by atoms with van der Waals surface area (Å²) in [6, 6.07) is 4.52. The van der Waals surface area contributed by atoms with Crippen molar-refractivity contribution in [3.05, 3.63) is 24.6 Å². The van der Waals surface area contributed by atoms with Crippen LogP contribution in [0.4, 0.5) is 0 Å². The maximum atomic E-state index is 11.4. The summed E-state index contributed by atoms with van der Waals surface area (Å²) in [5.74, 6) is 0. The van der Waals surface area contributed by atoms with Crippen molar-refractivity contribution < 1.29 is 12.8 Å². The van der Waals surface area contributed by atoms with Gasteiger partial charge in [-0.3, -0.25) is 0 Å². The number of oxazole rings is 1. The number of aromatic nitrogens is 1. The monoisotopic (exact) mass is 212 g/mol. The molecule has 1 heterocycles. The Morgan fingerprint density at radius 1 is 1.43 bits per heavy atom. The molecule has 1 N–H and O–H groups in total. The lowest BCUT2D eigenvalue weighted by atomic mass is 10.3. The van der Waals surface area contributed by atoms with Gasteiger partial charge in [0, 0.05) is 6.07 Å². The molecule has 0 aliphatic heterocycles. The smallest absolute Gasteiger partial charge is 0.240 e. The van der Waals surface area contributed by atoms with Crippen LogP contribution in [0, 0.1) is 0 Å². The molecule has 0 amide bonds. The molecule has 6 heteroatoms. The summed E-state index contributed by atoms with van der Waals surface area (Å²) in [5.41, 5.74) is 1.10. The first-order valence-corrected chi connectivity index (χ1v) is 5.38. The van der Waals surface area contributed by atoms with Crippen molar-refractivity contribution in [2.24, 2.45) is 0 Å². The summed E-state index contributed by atoms with van der Waals surface area (Å²) in [5, 5.41) is 0. The van der Waals surface area contributed by atoms with Gasteiger partial charge in [-0.25, -0.2) is 18.1 Å². The van der Waals surface area contributed by atoms with E-state index in [4.69, 9.17) is 4.42 Å². The first-order chi connectivity index (χ1) is 6.63. The molecule has 2 aromatic rings. The number of rotatable bonds is 2. The van der Waals surface area contributed by atoms with Crippen molar-refractivity contribution in [3.63, 3.8) is 0 Å². The van der Waals surface area contributed by atoms with Gasteiger partial charge in [-0.05, 0) is 19.2 Å². The van der Waals surface area contributed by atoms with Crippen LogP contribution >= 0.6 is 0 Å². The Hall–Kier alpha value is -1.40. The summed E-state index contributed by atoms with van der Waals surface area (Å²) in [4.78, 5) is 4.06. The van der Waals surface area contributed by atoms with Crippen molar-refractivity contribution in [1.29, 1.82) is 0 Å². The lowest BCUT2D eigenvalue weighted by Crippen LogP contribution is -2.18. The second-order valence-electron chi connectivity index (χ2n) is 2.69. The second kappa shape index (κ2) is 3.07. The minimum absolute atomic E-state index is 0.171. The normalized spacial score (nSPS) is 12.1. The van der Waals surface area contributed by atoms with Crippen LogP contribution in [-0.4, -0.2) is 20.4 Å². The zero-order valence-corrected chi connectivity index (χ0v) is 8.21. The van der Waals surface area contributed by atoms with Gasteiger partial charge >= 0.3 is 0 Å². The average Bonchev–Trinajstić information content (AvgIpc) is 2.64. The maximum Gasteiger partial charge on any atom is 0.240 e. The topological polar surface area (TPSA) is 72.2 Å². The second-order valence-corrected chi connectivity index (χ2v) is 4.58. The highest BCUT2D eigenvalue weighted by Crippen LogP contribution is 2.17. The molecule has 0 radical (unpaired) electrons. The summed E-state index contributed by atoms with van der Waals surface area (Å²) in [6.07, 6.45) is 1.28. The van der Waals surface area contributed by atoms with Crippen molar-refractivity contribution in [2.45, 2.75) is 4.90 Å². The predicted octanol–water partition coefficient (Wildman–Crippen LogP) is 0.736. The Morgan fingerprint density at radius 2 is 2.21 bits per heavy atom. The molecule has 0 atom stereocenters. The fourth-order valence-electron chi connectivity index (χ4n) is 1.12. The van der Waals surface area contributed by atoms with Crippen molar-refractivity contribution in [2.75, 3.05) is 7.05 Å². The highest BCUT2D eigenvalue weighted by atomic mass is 32.2. The van der Waals surface area contributed by atoms with E-state index in [9.17, 15) is 8.42 Å². The molecule has 0 bridgehead atoms. The minimum atomic E-state index is -3.41. The number of hydrogen-bond donors (Lipinski definition) is 1. The van der Waals surface area contributed by atoms with E-state index in [-0.39, 0.29) is 4.90 Å². The van der Waals surface area contributed by atoms with Gasteiger partial charge in [0.05, 0.1) is 4.90 Å². The van der Waals surface area contributed by atoms with Crippen molar-refractivity contribution in [1.82, 2.24) is 9.71 Å². The SMILES string of the molecule is CNS(=O)(=O)c1ccc2ncoc2c1. The van der Waals surface area contributed by atoms with Gasteiger partial charge in [-0.1, -0.05) is 0 Å². The summed E-state index contributed by atoms with van der Waals surface area (Å²) < 4.78 is 30.0. The molecule has 74 valence electrons. The van der Waals surface area contributed by atoms with Crippen LogP contribution in [0.15, 0.2) is 33.9 Å².